The molecular formula is C27H42N3O4+. The fourth-order valence-electron chi connectivity index (χ4n) is 3.85. The van der Waals surface area contributed by atoms with Gasteiger partial charge in [-0.15, -0.1) is 0 Å². The second-order valence-corrected chi connectivity index (χ2v) is 9.79. The maximum absolute atomic E-state index is 12.1. The van der Waals surface area contributed by atoms with Crippen LogP contribution in [0.15, 0.2) is 54.6 Å². The number of hydrogen-bond acceptors (Lipinski definition) is 4. The van der Waals surface area contributed by atoms with Crippen molar-refractivity contribution in [3.8, 4) is 16.9 Å². The summed E-state index contributed by atoms with van der Waals surface area (Å²) in [7, 11) is 6.01. The van der Waals surface area contributed by atoms with Crippen molar-refractivity contribution in [3.05, 3.63) is 54.6 Å². The minimum Gasteiger partial charge on any atom is -0.494 e. The first-order chi connectivity index (χ1) is 16.2. The molecule has 188 valence electrons. The number of amides is 2. The van der Waals surface area contributed by atoms with Gasteiger partial charge in [-0.25, -0.2) is 4.79 Å². The zero-order chi connectivity index (χ0) is 24.8. The molecule has 7 nitrogen and oxygen atoms in total. The van der Waals surface area contributed by atoms with E-state index >= 15 is 0 Å². The molecule has 1 atom stereocenters. The molecule has 0 spiro atoms. The number of hydrogen-bond donors (Lipinski definition) is 4. The molecule has 0 saturated carbocycles. The highest BCUT2D eigenvalue weighted by molar-refractivity contribution is 5.74. The minimum absolute atomic E-state index is 0.113. The summed E-state index contributed by atoms with van der Waals surface area (Å²) in [6.45, 7) is 1.93. The number of ether oxygens (including phenoxy) is 1. The molecule has 0 bridgehead atoms. The van der Waals surface area contributed by atoms with E-state index in [9.17, 15) is 15.0 Å². The number of aliphatic hydroxyl groups is 2. The zero-order valence-corrected chi connectivity index (χ0v) is 20.9. The van der Waals surface area contributed by atoms with Crippen molar-refractivity contribution in [1.82, 2.24) is 10.6 Å². The Bertz CT molecular complexity index is 820. The molecule has 7 heteroatoms. The predicted molar refractivity (Wildman–Crippen MR) is 137 cm³/mol. The second-order valence-electron chi connectivity index (χ2n) is 9.79. The number of carbonyl (C=O) groups excluding carboxylic acids is 1. The Hall–Kier alpha value is -2.61. The van der Waals surface area contributed by atoms with Crippen LogP contribution in [0.1, 0.15) is 38.5 Å². The van der Waals surface area contributed by atoms with Gasteiger partial charge in [0, 0.05) is 13.0 Å². The number of aliphatic hydroxyl groups excluding tert-OH is 1. The lowest BCUT2D eigenvalue weighted by Crippen LogP contribution is -2.52. The third-order valence-electron chi connectivity index (χ3n) is 5.44. The Balaban J connectivity index is 1.52. The lowest BCUT2D eigenvalue weighted by atomic mass is 10.1. The molecule has 0 aromatic heterocycles. The molecule has 0 fully saturated rings. The van der Waals surface area contributed by atoms with E-state index in [0.717, 1.165) is 37.9 Å². The molecule has 0 heterocycles. The van der Waals surface area contributed by atoms with Crippen LogP contribution in [0.4, 0.5) is 4.79 Å². The number of unbranched alkanes of at least 4 members (excludes halogenated alkanes) is 4. The number of quaternary nitrogens is 1. The topological polar surface area (TPSA) is 90.8 Å². The Kier molecular flexibility index (Phi) is 11.9. The highest BCUT2D eigenvalue weighted by atomic mass is 16.5. The summed E-state index contributed by atoms with van der Waals surface area (Å²) in [5.41, 5.74) is 2.39. The maximum Gasteiger partial charge on any atom is 0.315 e. The molecular weight excluding hydrogens is 430 g/mol. The van der Waals surface area contributed by atoms with Crippen LogP contribution in [0.2, 0.25) is 0 Å². The van der Waals surface area contributed by atoms with Crippen LogP contribution in [0.5, 0.6) is 5.75 Å². The molecule has 0 saturated heterocycles. The first kappa shape index (κ1) is 27.6. The van der Waals surface area contributed by atoms with Gasteiger partial charge in [-0.2, -0.15) is 0 Å². The van der Waals surface area contributed by atoms with Crippen molar-refractivity contribution in [2.75, 3.05) is 40.8 Å². The van der Waals surface area contributed by atoms with Gasteiger partial charge in [0.25, 0.3) is 0 Å². The average Bonchev–Trinajstić information content (AvgIpc) is 2.77. The SMILES string of the molecule is C[N+](C)(C)CC(CC(O)O)NC(=O)NCCCCCCCOc1ccc(-c2ccccc2)cc1. The highest BCUT2D eigenvalue weighted by Crippen LogP contribution is 2.22. The van der Waals surface area contributed by atoms with Crippen molar-refractivity contribution >= 4 is 6.03 Å². The van der Waals surface area contributed by atoms with Crippen LogP contribution in [-0.2, 0) is 0 Å². The quantitative estimate of drug-likeness (QED) is 0.180. The lowest BCUT2D eigenvalue weighted by molar-refractivity contribution is -0.871. The Morgan fingerprint density at radius 3 is 2.15 bits per heavy atom. The predicted octanol–water partition coefficient (Wildman–Crippen LogP) is 3.76. The van der Waals surface area contributed by atoms with Crippen LogP contribution in [0, 0.1) is 0 Å². The normalized spacial score (nSPS) is 12.4. The molecule has 4 N–H and O–H groups in total. The second kappa shape index (κ2) is 14.6. The number of rotatable bonds is 15. The summed E-state index contributed by atoms with van der Waals surface area (Å²) < 4.78 is 6.48. The molecule has 2 amide bonds. The van der Waals surface area contributed by atoms with E-state index in [1.807, 2.05) is 51.5 Å². The van der Waals surface area contributed by atoms with Gasteiger partial charge in [0.2, 0.25) is 0 Å². The van der Waals surface area contributed by atoms with E-state index in [1.54, 1.807) is 0 Å². The van der Waals surface area contributed by atoms with Gasteiger partial charge in [-0.05, 0) is 36.1 Å². The van der Waals surface area contributed by atoms with E-state index in [-0.39, 0.29) is 18.5 Å². The van der Waals surface area contributed by atoms with Gasteiger partial charge in [-0.3, -0.25) is 0 Å². The van der Waals surface area contributed by atoms with Crippen LogP contribution in [-0.4, -0.2) is 73.9 Å². The average molecular weight is 473 g/mol. The third kappa shape index (κ3) is 12.0. The van der Waals surface area contributed by atoms with E-state index in [0.29, 0.717) is 24.2 Å². The summed E-state index contributed by atoms with van der Waals surface area (Å²) in [6.07, 6.45) is 3.83. The number of likely N-dealkylation sites (N-methyl/N-ethyl adjacent to an activating group) is 1. The van der Waals surface area contributed by atoms with Crippen LogP contribution in [0.3, 0.4) is 0 Å². The summed E-state index contributed by atoms with van der Waals surface area (Å²) in [6, 6.07) is 18.0. The van der Waals surface area contributed by atoms with Crippen molar-refractivity contribution in [2.24, 2.45) is 0 Å². The molecule has 2 aromatic carbocycles. The Morgan fingerprint density at radius 2 is 1.50 bits per heavy atom. The van der Waals surface area contributed by atoms with Crippen LogP contribution in [0.25, 0.3) is 11.1 Å². The zero-order valence-electron chi connectivity index (χ0n) is 20.9. The summed E-state index contributed by atoms with van der Waals surface area (Å²) in [5.74, 6) is 0.896. The van der Waals surface area contributed by atoms with Gasteiger partial charge < -0.3 is 30.1 Å². The smallest absolute Gasteiger partial charge is 0.315 e. The Labute approximate surface area is 204 Å². The molecule has 2 rings (SSSR count). The fourth-order valence-corrected chi connectivity index (χ4v) is 3.85. The molecule has 0 radical (unpaired) electrons. The summed E-state index contributed by atoms with van der Waals surface area (Å²) in [4.78, 5) is 12.1. The molecule has 0 aliphatic rings. The number of benzene rings is 2. The fraction of sp³-hybridized carbons (Fsp3) is 0.519. The molecule has 2 aromatic rings. The van der Waals surface area contributed by atoms with E-state index in [2.05, 4.69) is 34.9 Å². The van der Waals surface area contributed by atoms with Gasteiger partial charge in [0.15, 0.2) is 6.29 Å². The number of urea groups is 1. The third-order valence-corrected chi connectivity index (χ3v) is 5.44. The number of carbonyl (C=O) groups is 1. The summed E-state index contributed by atoms with van der Waals surface area (Å²) >= 11 is 0. The first-order valence-electron chi connectivity index (χ1n) is 12.2. The molecule has 1 unspecified atom stereocenters. The van der Waals surface area contributed by atoms with E-state index in [4.69, 9.17) is 4.74 Å². The van der Waals surface area contributed by atoms with Crippen LogP contribution >= 0.6 is 0 Å². The summed E-state index contributed by atoms with van der Waals surface area (Å²) in [5, 5.41) is 24.2. The molecule has 0 aliphatic carbocycles. The van der Waals surface area contributed by atoms with Gasteiger partial charge >= 0.3 is 6.03 Å². The standard InChI is InChI=1S/C27H41N3O4/c1-30(2,3)21-24(20-26(31)32)29-27(33)28-18-10-5-4-6-11-19-34-25-16-14-23(15-17-25)22-12-8-7-9-13-22/h7-9,12-17,24,26,31-32H,4-6,10-11,18-21H2,1-3H3,(H-,28,29,33)/p+1. The van der Waals surface area contributed by atoms with Gasteiger partial charge in [0.05, 0.1) is 40.3 Å². The molecule has 34 heavy (non-hydrogen) atoms. The van der Waals surface area contributed by atoms with Crippen LogP contribution < -0.4 is 15.4 Å². The largest absolute Gasteiger partial charge is 0.494 e. The highest BCUT2D eigenvalue weighted by Gasteiger charge is 2.22. The van der Waals surface area contributed by atoms with Crippen molar-refractivity contribution in [2.45, 2.75) is 50.9 Å². The minimum atomic E-state index is -1.44. The number of nitrogens with zero attached hydrogens (tertiary/aromatic N) is 1. The molecule has 0 aliphatic heterocycles. The maximum atomic E-state index is 12.1. The van der Waals surface area contributed by atoms with E-state index in [1.165, 1.54) is 11.1 Å². The monoisotopic (exact) mass is 472 g/mol. The van der Waals surface area contributed by atoms with E-state index < -0.39 is 6.29 Å². The number of nitrogens with one attached hydrogen (secondary N) is 2. The Morgan fingerprint density at radius 1 is 0.882 bits per heavy atom. The van der Waals surface area contributed by atoms with Gasteiger partial charge in [0.1, 0.15) is 5.75 Å². The van der Waals surface area contributed by atoms with Crippen molar-refractivity contribution in [1.29, 1.82) is 0 Å². The van der Waals surface area contributed by atoms with Gasteiger partial charge in [-0.1, -0.05) is 61.7 Å². The van der Waals surface area contributed by atoms with Crippen molar-refractivity contribution < 1.29 is 24.2 Å². The lowest BCUT2D eigenvalue weighted by Gasteiger charge is -2.30. The first-order valence-corrected chi connectivity index (χ1v) is 12.2. The van der Waals surface area contributed by atoms with Crippen molar-refractivity contribution in [3.63, 3.8) is 0 Å².